The second kappa shape index (κ2) is 4.77. The van der Waals surface area contributed by atoms with Crippen LogP contribution in [-0.2, 0) is 0 Å². The molecule has 0 spiro atoms. The van der Waals surface area contributed by atoms with Crippen molar-refractivity contribution < 1.29 is 0 Å². The predicted molar refractivity (Wildman–Crippen MR) is 80.9 cm³/mol. The van der Waals surface area contributed by atoms with Gasteiger partial charge in [-0.15, -0.1) is 11.3 Å². The van der Waals surface area contributed by atoms with E-state index in [4.69, 9.17) is 17.3 Å². The van der Waals surface area contributed by atoms with Gasteiger partial charge in [0.15, 0.2) is 10.1 Å². The lowest BCUT2D eigenvalue weighted by Gasteiger charge is -2.03. The number of rotatable bonds is 2. The summed E-state index contributed by atoms with van der Waals surface area (Å²) in [5.41, 5.74) is 6.90. The molecular formula is C12H10ClN5OS. The molecular weight excluding hydrogens is 298 g/mol. The summed E-state index contributed by atoms with van der Waals surface area (Å²) < 4.78 is 2.92. The zero-order valence-corrected chi connectivity index (χ0v) is 12.0. The van der Waals surface area contributed by atoms with Gasteiger partial charge in [-0.2, -0.15) is 9.78 Å². The van der Waals surface area contributed by atoms with E-state index in [1.54, 1.807) is 17.4 Å². The highest BCUT2D eigenvalue weighted by Crippen LogP contribution is 2.19. The number of aromatic nitrogens is 3. The van der Waals surface area contributed by atoms with Crippen molar-refractivity contribution in [3.8, 4) is 0 Å². The van der Waals surface area contributed by atoms with E-state index in [2.05, 4.69) is 10.1 Å². The van der Waals surface area contributed by atoms with E-state index in [0.717, 1.165) is 15.2 Å². The molecule has 0 aromatic carbocycles. The first kappa shape index (κ1) is 12.9. The smallest absolute Gasteiger partial charge is 0.273 e. The lowest BCUT2D eigenvalue weighted by atomic mass is 10.3. The van der Waals surface area contributed by atoms with E-state index >= 15 is 0 Å². The molecule has 0 amide bonds. The van der Waals surface area contributed by atoms with Crippen LogP contribution < -0.4 is 11.3 Å². The van der Waals surface area contributed by atoms with Crippen LogP contribution in [0.5, 0.6) is 0 Å². The number of pyridine rings is 1. The number of nitrogen functional groups attached to an aromatic ring is 1. The topological polar surface area (TPSA) is 77.7 Å². The van der Waals surface area contributed by atoms with Crippen LogP contribution in [0.3, 0.4) is 0 Å². The van der Waals surface area contributed by atoms with E-state index < -0.39 is 0 Å². The van der Waals surface area contributed by atoms with Crippen molar-refractivity contribution in [2.24, 2.45) is 5.10 Å². The van der Waals surface area contributed by atoms with E-state index in [1.807, 2.05) is 11.6 Å². The monoisotopic (exact) mass is 307 g/mol. The minimum absolute atomic E-state index is 0.272. The molecule has 0 unspecified atom stereocenters. The van der Waals surface area contributed by atoms with Gasteiger partial charge in [0.25, 0.3) is 5.56 Å². The Balaban J connectivity index is 2.09. The van der Waals surface area contributed by atoms with Gasteiger partial charge in [0, 0.05) is 17.6 Å². The number of hydrogen-bond acceptors (Lipinski definition) is 5. The molecule has 3 aromatic heterocycles. The summed E-state index contributed by atoms with van der Waals surface area (Å²) in [6, 6.07) is 3.14. The van der Waals surface area contributed by atoms with Crippen molar-refractivity contribution in [3.63, 3.8) is 0 Å². The van der Waals surface area contributed by atoms with E-state index in [-0.39, 0.29) is 11.4 Å². The summed E-state index contributed by atoms with van der Waals surface area (Å²) in [4.78, 5) is 16.8. The highest BCUT2D eigenvalue weighted by Gasteiger charge is 2.09. The van der Waals surface area contributed by atoms with Crippen molar-refractivity contribution in [3.05, 3.63) is 50.5 Å². The Hall–Kier alpha value is -2.12. The largest absolute Gasteiger partial charge is 0.384 e. The Morgan fingerprint density at radius 3 is 3.05 bits per heavy atom. The second-order valence-electron chi connectivity index (χ2n) is 4.20. The molecule has 20 heavy (non-hydrogen) atoms. The summed E-state index contributed by atoms with van der Waals surface area (Å²) in [6.45, 7) is 1.80. The molecule has 0 fully saturated rings. The minimum Gasteiger partial charge on any atom is -0.384 e. The molecule has 3 rings (SSSR count). The van der Waals surface area contributed by atoms with E-state index in [0.29, 0.717) is 10.8 Å². The molecule has 0 radical (unpaired) electrons. The average molecular weight is 308 g/mol. The fraction of sp³-hybridized carbons (Fsp3) is 0.0833. The zero-order valence-electron chi connectivity index (χ0n) is 10.4. The molecule has 3 aromatic rings. The Kier molecular flexibility index (Phi) is 3.07. The first-order valence-corrected chi connectivity index (χ1v) is 6.96. The highest BCUT2D eigenvalue weighted by molar-refractivity contribution is 7.15. The van der Waals surface area contributed by atoms with Crippen molar-refractivity contribution in [1.82, 2.24) is 14.1 Å². The van der Waals surface area contributed by atoms with Gasteiger partial charge in [-0.05, 0) is 18.6 Å². The number of nitrogens with two attached hydrogens (primary N) is 1. The molecule has 0 aliphatic rings. The summed E-state index contributed by atoms with van der Waals surface area (Å²) in [7, 11) is 0. The molecule has 0 atom stereocenters. The summed E-state index contributed by atoms with van der Waals surface area (Å²) >= 11 is 7.51. The summed E-state index contributed by atoms with van der Waals surface area (Å²) in [5.74, 6) is 0.272. The van der Waals surface area contributed by atoms with Crippen LogP contribution >= 0.6 is 22.9 Å². The van der Waals surface area contributed by atoms with Gasteiger partial charge in [-0.1, -0.05) is 11.6 Å². The minimum atomic E-state index is -0.291. The maximum atomic E-state index is 11.8. The van der Waals surface area contributed by atoms with Gasteiger partial charge in [0.05, 0.1) is 6.21 Å². The van der Waals surface area contributed by atoms with E-state index in [1.165, 1.54) is 23.6 Å². The van der Waals surface area contributed by atoms with Crippen LogP contribution in [0.15, 0.2) is 33.6 Å². The zero-order chi connectivity index (χ0) is 14.3. The van der Waals surface area contributed by atoms with Crippen LogP contribution in [-0.4, -0.2) is 20.3 Å². The maximum Gasteiger partial charge on any atom is 0.273 e. The Morgan fingerprint density at radius 2 is 2.30 bits per heavy atom. The standard InChI is InChI=1S/C12H10ClN5OS/c1-7-4-9(14)18(10(19)5-7)15-6-8-11(13)16-12-17(8)2-3-20-12/h2-6H,14H2,1H3/b15-6-. The fourth-order valence-corrected chi connectivity index (χ4v) is 2.84. The molecule has 0 aliphatic carbocycles. The molecule has 3 heterocycles. The van der Waals surface area contributed by atoms with Gasteiger partial charge in [0.2, 0.25) is 0 Å². The third kappa shape index (κ3) is 2.10. The molecule has 102 valence electrons. The Labute approximate surface area is 122 Å². The van der Waals surface area contributed by atoms with Crippen LogP contribution in [0.25, 0.3) is 4.96 Å². The maximum absolute atomic E-state index is 11.8. The van der Waals surface area contributed by atoms with Crippen molar-refractivity contribution >= 4 is 39.9 Å². The number of aryl methyl sites for hydroxylation is 1. The number of imidazole rings is 1. The molecule has 8 heteroatoms. The van der Waals surface area contributed by atoms with Gasteiger partial charge in [-0.25, -0.2) is 4.98 Å². The van der Waals surface area contributed by atoms with Crippen LogP contribution in [0.1, 0.15) is 11.3 Å². The SMILES string of the molecule is Cc1cc(N)n(/N=C\c2c(Cl)nc3sccn23)c(=O)c1. The van der Waals surface area contributed by atoms with Crippen LogP contribution in [0, 0.1) is 6.92 Å². The molecule has 2 N–H and O–H groups in total. The summed E-state index contributed by atoms with van der Waals surface area (Å²) in [6.07, 6.45) is 3.31. The lowest BCUT2D eigenvalue weighted by molar-refractivity contribution is 0.842. The first-order chi connectivity index (χ1) is 9.56. The average Bonchev–Trinajstić information content (AvgIpc) is 2.90. The Morgan fingerprint density at radius 1 is 1.50 bits per heavy atom. The number of nitrogens with zero attached hydrogens (tertiary/aromatic N) is 4. The van der Waals surface area contributed by atoms with Gasteiger partial charge >= 0.3 is 0 Å². The van der Waals surface area contributed by atoms with Crippen molar-refractivity contribution in [1.29, 1.82) is 0 Å². The quantitative estimate of drug-likeness (QED) is 0.735. The highest BCUT2D eigenvalue weighted by atomic mass is 35.5. The number of thiazole rings is 1. The number of halogens is 1. The predicted octanol–water partition coefficient (Wildman–Crippen LogP) is 1.98. The number of anilines is 1. The van der Waals surface area contributed by atoms with Crippen molar-refractivity contribution in [2.75, 3.05) is 5.73 Å². The molecule has 0 bridgehead atoms. The first-order valence-electron chi connectivity index (χ1n) is 5.71. The van der Waals surface area contributed by atoms with Gasteiger partial charge in [-0.3, -0.25) is 9.20 Å². The third-order valence-corrected chi connectivity index (χ3v) is 3.76. The fourth-order valence-electron chi connectivity index (χ4n) is 1.85. The molecule has 0 aliphatic heterocycles. The van der Waals surface area contributed by atoms with Gasteiger partial charge < -0.3 is 5.73 Å². The Bertz CT molecular complexity index is 876. The number of fused-ring (bicyclic) bond motifs is 1. The third-order valence-electron chi connectivity index (χ3n) is 2.73. The lowest BCUT2D eigenvalue weighted by Crippen LogP contribution is -2.19. The second-order valence-corrected chi connectivity index (χ2v) is 5.43. The van der Waals surface area contributed by atoms with Gasteiger partial charge in [0.1, 0.15) is 11.5 Å². The normalized spacial score (nSPS) is 11.7. The van der Waals surface area contributed by atoms with Crippen LogP contribution in [0.4, 0.5) is 5.82 Å². The molecule has 0 saturated carbocycles. The van der Waals surface area contributed by atoms with Crippen LogP contribution in [0.2, 0.25) is 5.15 Å². The molecule has 0 saturated heterocycles. The van der Waals surface area contributed by atoms with E-state index in [9.17, 15) is 4.79 Å². The number of hydrogen-bond donors (Lipinski definition) is 1. The summed E-state index contributed by atoms with van der Waals surface area (Å²) in [5, 5.41) is 6.32. The molecule has 6 nitrogen and oxygen atoms in total. The van der Waals surface area contributed by atoms with Crippen molar-refractivity contribution in [2.45, 2.75) is 6.92 Å².